The molecule has 0 aromatic heterocycles. The molecule has 0 spiro atoms. The second kappa shape index (κ2) is 10.7. The lowest BCUT2D eigenvalue weighted by atomic mass is 10.0. The molecule has 0 saturated carbocycles. The minimum absolute atomic E-state index is 0.218. The summed E-state index contributed by atoms with van der Waals surface area (Å²) in [5, 5.41) is 5.93. The molecule has 6 heteroatoms. The molecule has 1 aliphatic heterocycles. The molecule has 0 saturated heterocycles. The van der Waals surface area contributed by atoms with E-state index in [2.05, 4.69) is 53.6 Å². The second-order valence-corrected chi connectivity index (χ2v) is 7.11. The lowest BCUT2D eigenvalue weighted by Gasteiger charge is -2.30. The Kier molecular flexibility index (Phi) is 7.76. The van der Waals surface area contributed by atoms with E-state index in [0.29, 0.717) is 31.2 Å². The summed E-state index contributed by atoms with van der Waals surface area (Å²) < 4.78 is 11.3. The van der Waals surface area contributed by atoms with Gasteiger partial charge in [-0.15, -0.1) is 0 Å². The number of benzene rings is 2. The summed E-state index contributed by atoms with van der Waals surface area (Å²) in [7, 11) is 0. The molecule has 0 radical (unpaired) electrons. The van der Waals surface area contributed by atoms with Crippen LogP contribution in [0, 0.1) is 0 Å². The Morgan fingerprint density at radius 2 is 1.76 bits per heavy atom. The summed E-state index contributed by atoms with van der Waals surface area (Å²) in [5.74, 6) is 1.39. The molecule has 0 aliphatic carbocycles. The highest BCUT2D eigenvalue weighted by Gasteiger charge is 2.18. The smallest absolute Gasteiger partial charge is 0.319 e. The zero-order valence-electron chi connectivity index (χ0n) is 17.3. The Morgan fingerprint density at radius 1 is 1.03 bits per heavy atom. The van der Waals surface area contributed by atoms with Gasteiger partial charge in [-0.2, -0.15) is 0 Å². The van der Waals surface area contributed by atoms with Crippen molar-refractivity contribution < 1.29 is 14.3 Å². The number of ether oxygens (including phenoxy) is 2. The quantitative estimate of drug-likeness (QED) is 0.709. The minimum Gasteiger partial charge on any atom is -0.490 e. The van der Waals surface area contributed by atoms with Crippen LogP contribution < -0.4 is 20.1 Å². The fourth-order valence-corrected chi connectivity index (χ4v) is 3.58. The number of urea groups is 1. The zero-order valence-corrected chi connectivity index (χ0v) is 17.3. The van der Waals surface area contributed by atoms with Gasteiger partial charge in [0.1, 0.15) is 0 Å². The Bertz CT molecular complexity index is 778. The summed E-state index contributed by atoms with van der Waals surface area (Å²) in [6, 6.07) is 15.9. The van der Waals surface area contributed by atoms with Crippen molar-refractivity contribution in [3.63, 3.8) is 0 Å². The van der Waals surface area contributed by atoms with E-state index in [9.17, 15) is 4.79 Å². The van der Waals surface area contributed by atoms with E-state index in [0.717, 1.165) is 31.7 Å². The molecule has 29 heavy (non-hydrogen) atoms. The van der Waals surface area contributed by atoms with Gasteiger partial charge in [-0.25, -0.2) is 4.79 Å². The van der Waals surface area contributed by atoms with Gasteiger partial charge < -0.3 is 20.1 Å². The van der Waals surface area contributed by atoms with Gasteiger partial charge in [0.25, 0.3) is 0 Å². The third kappa shape index (κ3) is 6.12. The first-order valence-electron chi connectivity index (χ1n) is 10.4. The van der Waals surface area contributed by atoms with E-state index in [4.69, 9.17) is 9.47 Å². The average Bonchev–Trinajstić information content (AvgIpc) is 2.98. The van der Waals surface area contributed by atoms with Gasteiger partial charge >= 0.3 is 6.03 Å². The second-order valence-electron chi connectivity index (χ2n) is 7.11. The van der Waals surface area contributed by atoms with Crippen LogP contribution in [0.1, 0.15) is 25.8 Å². The van der Waals surface area contributed by atoms with Crippen LogP contribution in [0.15, 0.2) is 48.5 Å². The van der Waals surface area contributed by atoms with Crippen LogP contribution in [-0.4, -0.2) is 49.8 Å². The summed E-state index contributed by atoms with van der Waals surface area (Å²) in [5.41, 5.74) is 1.96. The molecule has 0 unspecified atom stereocenters. The first-order valence-corrected chi connectivity index (χ1v) is 10.4. The lowest BCUT2D eigenvalue weighted by Crippen LogP contribution is -2.46. The molecule has 2 amide bonds. The van der Waals surface area contributed by atoms with E-state index < -0.39 is 0 Å². The van der Waals surface area contributed by atoms with Crippen molar-refractivity contribution in [2.24, 2.45) is 0 Å². The molecule has 2 aromatic carbocycles. The number of likely N-dealkylation sites (N-methyl/N-ethyl adjacent to an activating group) is 1. The van der Waals surface area contributed by atoms with E-state index in [1.807, 2.05) is 24.3 Å². The standard InChI is InChI=1S/C23H31N3O3/c1-3-26(4-2)20(15-18-9-6-5-7-10-18)17-24-23(27)25-19-11-12-21-22(16-19)29-14-8-13-28-21/h5-7,9-12,16,20H,3-4,8,13-15,17H2,1-2H3,(H2,24,25,27)/t20-/m1/s1. The van der Waals surface area contributed by atoms with Gasteiger partial charge in [0.2, 0.25) is 0 Å². The maximum atomic E-state index is 12.5. The molecule has 1 atom stereocenters. The fraction of sp³-hybridized carbons (Fsp3) is 0.435. The molecular weight excluding hydrogens is 366 g/mol. The van der Waals surface area contributed by atoms with Crippen molar-refractivity contribution >= 4 is 11.7 Å². The normalized spacial score (nSPS) is 14.2. The fourth-order valence-electron chi connectivity index (χ4n) is 3.58. The van der Waals surface area contributed by atoms with Crippen molar-refractivity contribution in [3.05, 3.63) is 54.1 Å². The summed E-state index contributed by atoms with van der Waals surface area (Å²) in [4.78, 5) is 14.9. The molecule has 0 fully saturated rings. The molecule has 156 valence electrons. The van der Waals surface area contributed by atoms with E-state index in [1.165, 1.54) is 5.56 Å². The van der Waals surface area contributed by atoms with E-state index >= 15 is 0 Å². The molecule has 0 bridgehead atoms. The van der Waals surface area contributed by atoms with Crippen LogP contribution in [0.5, 0.6) is 11.5 Å². The van der Waals surface area contributed by atoms with Gasteiger partial charge in [-0.05, 0) is 37.2 Å². The number of rotatable bonds is 8. The Balaban J connectivity index is 1.58. The highest BCUT2D eigenvalue weighted by atomic mass is 16.5. The number of carbonyl (C=O) groups excluding carboxylic acids is 1. The molecule has 2 aromatic rings. The molecular formula is C23H31N3O3. The SMILES string of the molecule is CCN(CC)[C@@H](CNC(=O)Nc1ccc2c(c1)OCCCO2)Cc1ccccc1. The van der Waals surface area contributed by atoms with Crippen LogP contribution in [0.3, 0.4) is 0 Å². The summed E-state index contributed by atoms with van der Waals surface area (Å²) in [6.45, 7) is 8.03. The number of hydrogen-bond acceptors (Lipinski definition) is 4. The van der Waals surface area contributed by atoms with E-state index in [-0.39, 0.29) is 12.1 Å². The first-order chi connectivity index (χ1) is 14.2. The average molecular weight is 398 g/mol. The predicted molar refractivity (Wildman–Crippen MR) is 116 cm³/mol. The number of anilines is 1. The van der Waals surface area contributed by atoms with Crippen LogP contribution in [0.4, 0.5) is 10.5 Å². The number of amides is 2. The lowest BCUT2D eigenvalue weighted by molar-refractivity contribution is 0.207. The predicted octanol–water partition coefficient (Wildman–Crippen LogP) is 3.92. The van der Waals surface area contributed by atoms with Gasteiger partial charge in [-0.1, -0.05) is 44.2 Å². The molecule has 1 heterocycles. The summed E-state index contributed by atoms with van der Waals surface area (Å²) in [6.07, 6.45) is 1.75. The molecule has 2 N–H and O–H groups in total. The topological polar surface area (TPSA) is 62.8 Å². The molecule has 3 rings (SSSR count). The number of nitrogens with zero attached hydrogens (tertiary/aromatic N) is 1. The molecule has 1 aliphatic rings. The highest BCUT2D eigenvalue weighted by molar-refractivity contribution is 5.89. The van der Waals surface area contributed by atoms with Gasteiger partial charge in [0.15, 0.2) is 11.5 Å². The first kappa shape index (κ1) is 21.0. The summed E-state index contributed by atoms with van der Waals surface area (Å²) >= 11 is 0. The van der Waals surface area contributed by atoms with Gasteiger partial charge in [0, 0.05) is 30.8 Å². The third-order valence-corrected chi connectivity index (χ3v) is 5.15. The van der Waals surface area contributed by atoms with Crippen LogP contribution in [0.2, 0.25) is 0 Å². The monoisotopic (exact) mass is 397 g/mol. The maximum absolute atomic E-state index is 12.5. The van der Waals surface area contributed by atoms with Crippen LogP contribution >= 0.6 is 0 Å². The van der Waals surface area contributed by atoms with Crippen molar-refractivity contribution in [2.75, 3.05) is 38.2 Å². The Morgan fingerprint density at radius 3 is 2.48 bits per heavy atom. The number of carbonyl (C=O) groups is 1. The molecule has 6 nitrogen and oxygen atoms in total. The largest absolute Gasteiger partial charge is 0.490 e. The van der Waals surface area contributed by atoms with E-state index in [1.54, 1.807) is 0 Å². The van der Waals surface area contributed by atoms with Gasteiger partial charge in [-0.3, -0.25) is 4.90 Å². The highest BCUT2D eigenvalue weighted by Crippen LogP contribution is 2.32. The Labute approximate surface area is 173 Å². The number of nitrogens with one attached hydrogen (secondary N) is 2. The number of hydrogen-bond donors (Lipinski definition) is 2. The number of fused-ring (bicyclic) bond motifs is 1. The van der Waals surface area contributed by atoms with Crippen molar-refractivity contribution in [1.29, 1.82) is 0 Å². The van der Waals surface area contributed by atoms with Gasteiger partial charge in [0.05, 0.1) is 13.2 Å². The van der Waals surface area contributed by atoms with Crippen LogP contribution in [-0.2, 0) is 6.42 Å². The maximum Gasteiger partial charge on any atom is 0.319 e. The third-order valence-electron chi connectivity index (χ3n) is 5.15. The van der Waals surface area contributed by atoms with Crippen molar-refractivity contribution in [2.45, 2.75) is 32.7 Å². The Hall–Kier alpha value is -2.73. The zero-order chi connectivity index (χ0) is 20.5. The van der Waals surface area contributed by atoms with Crippen molar-refractivity contribution in [1.82, 2.24) is 10.2 Å². The minimum atomic E-state index is -0.218. The van der Waals surface area contributed by atoms with Crippen molar-refractivity contribution in [3.8, 4) is 11.5 Å². The van der Waals surface area contributed by atoms with Crippen LogP contribution in [0.25, 0.3) is 0 Å².